The predicted molar refractivity (Wildman–Crippen MR) is 142 cm³/mol. The molecule has 3 N–H and O–H groups in total. The second-order valence-corrected chi connectivity index (χ2v) is 8.83. The van der Waals surface area contributed by atoms with Gasteiger partial charge in [-0.3, -0.25) is 4.79 Å². The molecule has 2 aromatic heterocycles. The molecule has 0 atom stereocenters. The van der Waals surface area contributed by atoms with Crippen molar-refractivity contribution in [2.45, 2.75) is 20.4 Å². The summed E-state index contributed by atoms with van der Waals surface area (Å²) in [5, 5.41) is 11.7. The summed E-state index contributed by atoms with van der Waals surface area (Å²) in [7, 11) is 5.36. The van der Waals surface area contributed by atoms with Gasteiger partial charge in [-0.1, -0.05) is 12.1 Å². The van der Waals surface area contributed by atoms with E-state index in [1.807, 2.05) is 20.2 Å². The third kappa shape index (κ3) is 6.83. The van der Waals surface area contributed by atoms with Crippen molar-refractivity contribution in [3.05, 3.63) is 75.5 Å². The van der Waals surface area contributed by atoms with E-state index in [1.54, 1.807) is 49.6 Å². The van der Waals surface area contributed by atoms with Crippen LogP contribution in [0.1, 0.15) is 23.6 Å². The summed E-state index contributed by atoms with van der Waals surface area (Å²) < 4.78 is 22.0. The van der Waals surface area contributed by atoms with Gasteiger partial charge < -0.3 is 15.3 Å². The number of pyridine rings is 2. The molecule has 34 heavy (non-hydrogen) atoms. The van der Waals surface area contributed by atoms with Gasteiger partial charge in [0.05, 0.1) is 11.3 Å². The zero-order chi connectivity index (χ0) is 24.1. The summed E-state index contributed by atoms with van der Waals surface area (Å²) in [6, 6.07) is 9.83. The van der Waals surface area contributed by atoms with Crippen LogP contribution in [0.5, 0.6) is 0 Å². The van der Waals surface area contributed by atoms with Crippen LogP contribution in [0.25, 0.3) is 11.3 Å². The average Bonchev–Trinajstić information content (AvgIpc) is 2.76. The van der Waals surface area contributed by atoms with Crippen LogP contribution in [-0.2, 0) is 17.9 Å². The monoisotopic (exact) mass is 504 g/mol. The van der Waals surface area contributed by atoms with E-state index in [9.17, 15) is 9.18 Å². The number of hydrogen-bond donors (Lipinski definition) is 3. The van der Waals surface area contributed by atoms with Gasteiger partial charge in [-0.25, -0.2) is 19.2 Å². The smallest absolute Gasteiger partial charge is 0.253 e. The van der Waals surface area contributed by atoms with Crippen molar-refractivity contribution < 1.29 is 8.67 Å². The molecule has 3 rings (SSSR count). The number of anilines is 2. The Hall–Kier alpha value is -2.86. The van der Waals surface area contributed by atoms with Gasteiger partial charge in [-0.15, -0.1) is 0 Å². The van der Waals surface area contributed by atoms with Crippen LogP contribution < -0.4 is 16.4 Å². The Bertz CT molecular complexity index is 1190. The van der Waals surface area contributed by atoms with Gasteiger partial charge in [0.2, 0.25) is 0 Å². The molecule has 11 heteroatoms. The summed E-state index contributed by atoms with van der Waals surface area (Å²) in [5.74, 6) is 0.0653. The molecular formula is C23H29FN6O2S2. The number of hydrogen-bond acceptors (Lipinski definition) is 8. The average molecular weight is 505 g/mol. The second kappa shape index (κ2) is 12.0. The standard InChI is InChI=1S/C23H27FN6O2S.H2S/c1-14-10-17(13-30(5)23(14)31)19-11-20(26-12-16-6-8-18(24)9-7-16)21(15(2)25)22(27-19)28-32-33-29(3)4;/h6-11,13,25H,12H2,1-5H3,(H2,26,27,28);1H2. The van der Waals surface area contributed by atoms with E-state index >= 15 is 0 Å². The van der Waals surface area contributed by atoms with Gasteiger partial charge in [0.15, 0.2) is 5.82 Å². The number of halogens is 1. The molecule has 0 unspecified atom stereocenters. The molecule has 0 bridgehead atoms. The van der Waals surface area contributed by atoms with Crippen molar-refractivity contribution in [1.29, 1.82) is 5.41 Å². The largest absolute Gasteiger partial charge is 0.380 e. The zero-order valence-electron chi connectivity index (χ0n) is 19.7. The predicted octanol–water partition coefficient (Wildman–Crippen LogP) is 4.48. The highest BCUT2D eigenvalue weighted by Gasteiger charge is 2.17. The number of nitrogens with zero attached hydrogens (tertiary/aromatic N) is 3. The van der Waals surface area contributed by atoms with Crippen molar-refractivity contribution in [2.75, 3.05) is 24.9 Å². The number of rotatable bonds is 9. The first-order valence-electron chi connectivity index (χ1n) is 10.2. The molecular weight excluding hydrogens is 475 g/mol. The van der Waals surface area contributed by atoms with E-state index in [2.05, 4.69) is 15.8 Å². The quantitative estimate of drug-likeness (QED) is 0.171. The number of aryl methyl sites for hydroxylation is 2. The maximum Gasteiger partial charge on any atom is 0.253 e. The molecule has 0 saturated heterocycles. The minimum Gasteiger partial charge on any atom is -0.380 e. The summed E-state index contributed by atoms with van der Waals surface area (Å²) in [4.78, 5) is 16.8. The van der Waals surface area contributed by atoms with E-state index in [0.29, 0.717) is 34.9 Å². The molecule has 182 valence electrons. The van der Waals surface area contributed by atoms with Crippen molar-refractivity contribution in [2.24, 2.45) is 7.05 Å². The molecule has 1 aromatic carbocycles. The van der Waals surface area contributed by atoms with Gasteiger partial charge in [0.25, 0.3) is 5.56 Å². The summed E-state index contributed by atoms with van der Waals surface area (Å²) in [6.45, 7) is 3.84. The fraction of sp³-hybridized carbons (Fsp3) is 0.261. The van der Waals surface area contributed by atoms with Crippen molar-refractivity contribution >= 4 is 42.9 Å². The van der Waals surface area contributed by atoms with E-state index in [1.165, 1.54) is 16.7 Å². The molecule has 0 amide bonds. The third-order valence-electron chi connectivity index (χ3n) is 4.77. The number of benzene rings is 1. The summed E-state index contributed by atoms with van der Waals surface area (Å²) in [6.07, 6.45) is 1.72. The normalized spacial score (nSPS) is 10.7. The first-order chi connectivity index (χ1) is 15.7. The lowest BCUT2D eigenvalue weighted by atomic mass is 10.1. The molecule has 0 aliphatic carbocycles. The maximum atomic E-state index is 13.3. The lowest BCUT2D eigenvalue weighted by molar-refractivity contribution is 0.444. The number of aromatic nitrogens is 2. The van der Waals surface area contributed by atoms with E-state index in [4.69, 9.17) is 9.69 Å². The molecule has 3 aromatic rings. The Kier molecular flexibility index (Phi) is 9.68. The Labute approximate surface area is 209 Å². The lowest BCUT2D eigenvalue weighted by Gasteiger charge is -2.18. The van der Waals surface area contributed by atoms with E-state index in [0.717, 1.165) is 23.4 Å². The van der Waals surface area contributed by atoms with Crippen LogP contribution in [0.3, 0.4) is 0 Å². The summed E-state index contributed by atoms with van der Waals surface area (Å²) in [5.41, 5.74) is 7.07. The Balaban J connectivity index is 0.00000408. The van der Waals surface area contributed by atoms with E-state index < -0.39 is 0 Å². The van der Waals surface area contributed by atoms with Crippen LogP contribution in [-0.4, -0.2) is 33.7 Å². The van der Waals surface area contributed by atoms with Crippen molar-refractivity contribution in [1.82, 2.24) is 13.9 Å². The van der Waals surface area contributed by atoms with Gasteiger partial charge in [-0.2, -0.15) is 17.8 Å². The zero-order valence-corrected chi connectivity index (χ0v) is 21.5. The molecule has 0 radical (unpaired) electrons. The lowest BCUT2D eigenvalue weighted by Crippen LogP contribution is -2.18. The van der Waals surface area contributed by atoms with Crippen LogP contribution in [0.4, 0.5) is 15.9 Å². The van der Waals surface area contributed by atoms with Gasteiger partial charge >= 0.3 is 0 Å². The molecule has 0 spiro atoms. The molecule has 0 fully saturated rings. The van der Waals surface area contributed by atoms with Crippen LogP contribution in [0, 0.1) is 18.2 Å². The van der Waals surface area contributed by atoms with Crippen LogP contribution in [0.2, 0.25) is 0 Å². The van der Waals surface area contributed by atoms with Crippen LogP contribution >= 0.6 is 25.7 Å². The highest BCUT2D eigenvalue weighted by atomic mass is 32.2. The molecule has 0 aliphatic heterocycles. The minimum atomic E-state index is -0.298. The van der Waals surface area contributed by atoms with E-state index in [-0.39, 0.29) is 30.6 Å². The highest BCUT2D eigenvalue weighted by Crippen LogP contribution is 2.31. The topological polar surface area (TPSA) is 95.3 Å². The molecule has 0 aliphatic rings. The molecule has 8 nitrogen and oxygen atoms in total. The third-order valence-corrected chi connectivity index (χ3v) is 5.23. The Morgan fingerprint density at radius 2 is 1.94 bits per heavy atom. The highest BCUT2D eigenvalue weighted by molar-refractivity contribution is 7.92. The fourth-order valence-corrected chi connectivity index (χ4v) is 3.50. The van der Waals surface area contributed by atoms with Crippen molar-refractivity contribution in [3.63, 3.8) is 0 Å². The SMILES string of the molecule is CC(=N)c1c(NCc2ccc(F)cc2)cc(-c2cc(C)c(=O)n(C)c2)nc1NOSN(C)C.S. The first-order valence-corrected chi connectivity index (χ1v) is 10.9. The Morgan fingerprint density at radius 1 is 1.26 bits per heavy atom. The van der Waals surface area contributed by atoms with Gasteiger partial charge in [0.1, 0.15) is 18.0 Å². The summed E-state index contributed by atoms with van der Waals surface area (Å²) >= 11 is 1.08. The van der Waals surface area contributed by atoms with Crippen molar-refractivity contribution in [3.8, 4) is 11.3 Å². The molecule has 2 heterocycles. The maximum absolute atomic E-state index is 13.3. The number of nitrogens with one attached hydrogen (secondary N) is 3. The fourth-order valence-electron chi connectivity index (χ4n) is 3.24. The first kappa shape index (κ1) is 27.4. The van der Waals surface area contributed by atoms with Gasteiger partial charge in [0, 0.05) is 42.3 Å². The second-order valence-electron chi connectivity index (χ2n) is 7.78. The minimum absolute atomic E-state index is 0. The molecule has 0 saturated carbocycles. The van der Waals surface area contributed by atoms with Gasteiger partial charge in [-0.05, 0) is 57.8 Å². The Morgan fingerprint density at radius 3 is 2.53 bits per heavy atom. The van der Waals surface area contributed by atoms with Crippen LogP contribution in [0.15, 0.2) is 47.4 Å².